The molecular formula is C13H9N7OS. The first-order chi connectivity index (χ1) is 10.8. The molecule has 0 aliphatic carbocycles. The number of H-pyrrole nitrogens is 2. The summed E-state index contributed by atoms with van der Waals surface area (Å²) in [4.78, 5) is 20.1. The number of hydrogen-bond donors (Lipinski definition) is 3. The van der Waals surface area contributed by atoms with E-state index >= 15 is 0 Å². The van der Waals surface area contributed by atoms with E-state index in [1.165, 1.54) is 11.3 Å². The zero-order valence-corrected chi connectivity index (χ0v) is 11.9. The van der Waals surface area contributed by atoms with E-state index in [1.54, 1.807) is 18.5 Å². The molecule has 1 aromatic carbocycles. The summed E-state index contributed by atoms with van der Waals surface area (Å²) in [5.41, 5.74) is 2.82. The number of nitrogens with zero attached hydrogens (tertiary/aromatic N) is 4. The van der Waals surface area contributed by atoms with Crippen LogP contribution < -0.4 is 5.32 Å². The minimum absolute atomic E-state index is 0.186. The average molecular weight is 311 g/mol. The van der Waals surface area contributed by atoms with E-state index in [0.29, 0.717) is 22.0 Å². The van der Waals surface area contributed by atoms with Crippen molar-refractivity contribution in [3.63, 3.8) is 0 Å². The van der Waals surface area contributed by atoms with Crippen molar-refractivity contribution < 1.29 is 4.79 Å². The molecule has 0 bridgehead atoms. The molecule has 108 valence electrons. The van der Waals surface area contributed by atoms with Crippen LogP contribution in [0.1, 0.15) is 9.67 Å². The Kier molecular flexibility index (Phi) is 2.90. The van der Waals surface area contributed by atoms with Crippen molar-refractivity contribution in [3.05, 3.63) is 40.8 Å². The molecule has 9 heteroatoms. The number of anilines is 1. The molecule has 0 spiro atoms. The lowest BCUT2D eigenvalue weighted by Crippen LogP contribution is -2.11. The molecule has 0 aliphatic rings. The quantitative estimate of drug-likeness (QED) is 0.536. The van der Waals surface area contributed by atoms with Gasteiger partial charge in [0.15, 0.2) is 0 Å². The van der Waals surface area contributed by atoms with Crippen LogP contribution in [0.15, 0.2) is 36.0 Å². The second kappa shape index (κ2) is 5.04. The number of carbonyl (C=O) groups excluding carboxylic acids is 1. The normalized spacial score (nSPS) is 10.9. The summed E-state index contributed by atoms with van der Waals surface area (Å²) in [6.45, 7) is 0. The monoisotopic (exact) mass is 311 g/mol. The molecule has 4 aromatic rings. The Morgan fingerprint density at radius 2 is 2.27 bits per heavy atom. The maximum Gasteiger partial charge on any atom is 0.265 e. The van der Waals surface area contributed by atoms with Gasteiger partial charge in [-0.1, -0.05) is 6.07 Å². The maximum absolute atomic E-state index is 12.3. The lowest BCUT2D eigenvalue weighted by molar-refractivity contribution is 0.103. The molecule has 4 rings (SSSR count). The molecule has 1 amide bonds. The van der Waals surface area contributed by atoms with Crippen molar-refractivity contribution in [2.24, 2.45) is 0 Å². The first-order valence-corrected chi connectivity index (χ1v) is 7.25. The summed E-state index contributed by atoms with van der Waals surface area (Å²) in [6, 6.07) is 7.21. The molecule has 8 nitrogen and oxygen atoms in total. The Balaban J connectivity index is 1.81. The van der Waals surface area contributed by atoms with E-state index in [4.69, 9.17) is 0 Å². The van der Waals surface area contributed by atoms with E-state index in [-0.39, 0.29) is 5.91 Å². The van der Waals surface area contributed by atoms with Crippen LogP contribution in [0, 0.1) is 0 Å². The van der Waals surface area contributed by atoms with Crippen LogP contribution >= 0.6 is 11.3 Å². The molecule has 0 saturated carbocycles. The van der Waals surface area contributed by atoms with Crippen LogP contribution in [0.3, 0.4) is 0 Å². The Bertz CT molecular complexity index is 927. The number of benzene rings is 1. The number of hydrogen-bond acceptors (Lipinski definition) is 6. The Morgan fingerprint density at radius 3 is 3.05 bits per heavy atom. The number of amides is 1. The van der Waals surface area contributed by atoms with Crippen LogP contribution in [0.2, 0.25) is 0 Å². The maximum atomic E-state index is 12.3. The van der Waals surface area contributed by atoms with E-state index < -0.39 is 0 Å². The van der Waals surface area contributed by atoms with Gasteiger partial charge in [0.25, 0.3) is 5.91 Å². The SMILES string of the molecule is O=C(Nc1cc2nc[nH]c2cc1-c1nn[nH]n1)c1cccs1. The predicted octanol–water partition coefficient (Wildman–Crippen LogP) is 2.06. The van der Waals surface area contributed by atoms with Crippen molar-refractivity contribution in [2.45, 2.75) is 0 Å². The number of thiophene rings is 1. The largest absolute Gasteiger partial charge is 0.345 e. The number of nitrogens with one attached hydrogen (secondary N) is 3. The molecule has 3 heterocycles. The van der Waals surface area contributed by atoms with Gasteiger partial charge in [-0.05, 0) is 28.8 Å². The molecule has 0 atom stereocenters. The summed E-state index contributed by atoms with van der Waals surface area (Å²) < 4.78 is 0. The fraction of sp³-hybridized carbons (Fsp3) is 0. The van der Waals surface area contributed by atoms with Gasteiger partial charge < -0.3 is 10.3 Å². The Morgan fingerprint density at radius 1 is 1.32 bits per heavy atom. The van der Waals surface area contributed by atoms with Gasteiger partial charge in [0, 0.05) is 5.56 Å². The molecule has 0 unspecified atom stereocenters. The summed E-state index contributed by atoms with van der Waals surface area (Å²) in [5, 5.41) is 18.7. The number of aromatic nitrogens is 6. The third-order valence-electron chi connectivity index (χ3n) is 3.14. The first kappa shape index (κ1) is 12.7. The fourth-order valence-corrected chi connectivity index (χ4v) is 2.76. The zero-order chi connectivity index (χ0) is 14.9. The Labute approximate surface area is 127 Å². The average Bonchev–Trinajstić information content (AvgIpc) is 3.27. The van der Waals surface area contributed by atoms with Gasteiger partial charge in [0.1, 0.15) is 0 Å². The number of rotatable bonds is 3. The van der Waals surface area contributed by atoms with E-state index in [9.17, 15) is 4.79 Å². The summed E-state index contributed by atoms with van der Waals surface area (Å²) in [7, 11) is 0. The zero-order valence-electron chi connectivity index (χ0n) is 11.1. The van der Waals surface area contributed by atoms with Gasteiger partial charge in [-0.2, -0.15) is 5.21 Å². The van der Waals surface area contributed by atoms with Crippen LogP contribution in [0.5, 0.6) is 0 Å². The summed E-state index contributed by atoms with van der Waals surface area (Å²) >= 11 is 1.38. The smallest absolute Gasteiger partial charge is 0.265 e. The van der Waals surface area contributed by atoms with Crippen molar-refractivity contribution in [2.75, 3.05) is 5.32 Å². The minimum atomic E-state index is -0.186. The van der Waals surface area contributed by atoms with Crippen molar-refractivity contribution in [1.29, 1.82) is 0 Å². The lowest BCUT2D eigenvalue weighted by atomic mass is 10.1. The van der Waals surface area contributed by atoms with E-state index in [2.05, 4.69) is 35.9 Å². The highest BCUT2D eigenvalue weighted by Gasteiger charge is 2.15. The van der Waals surface area contributed by atoms with Gasteiger partial charge in [0.2, 0.25) is 5.82 Å². The van der Waals surface area contributed by atoms with Gasteiger partial charge >= 0.3 is 0 Å². The number of carbonyl (C=O) groups is 1. The molecule has 3 N–H and O–H groups in total. The number of imidazole rings is 1. The molecular weight excluding hydrogens is 302 g/mol. The van der Waals surface area contributed by atoms with E-state index in [1.807, 2.05) is 17.5 Å². The van der Waals surface area contributed by atoms with Gasteiger partial charge in [0.05, 0.1) is 27.9 Å². The molecule has 0 radical (unpaired) electrons. The van der Waals surface area contributed by atoms with Gasteiger partial charge in [-0.3, -0.25) is 4.79 Å². The number of aromatic amines is 2. The number of fused-ring (bicyclic) bond motifs is 1. The predicted molar refractivity (Wildman–Crippen MR) is 81.5 cm³/mol. The highest BCUT2D eigenvalue weighted by Crippen LogP contribution is 2.29. The van der Waals surface area contributed by atoms with Crippen LogP contribution in [-0.2, 0) is 0 Å². The van der Waals surface area contributed by atoms with Crippen molar-refractivity contribution >= 4 is 34.0 Å². The third-order valence-corrected chi connectivity index (χ3v) is 4.01. The molecule has 0 aliphatic heterocycles. The third kappa shape index (κ3) is 2.13. The molecule has 22 heavy (non-hydrogen) atoms. The topological polar surface area (TPSA) is 112 Å². The van der Waals surface area contributed by atoms with Gasteiger partial charge in [-0.25, -0.2) is 4.98 Å². The minimum Gasteiger partial charge on any atom is -0.345 e. The Hall–Kier alpha value is -3.07. The van der Waals surface area contributed by atoms with Crippen molar-refractivity contribution in [1.82, 2.24) is 30.6 Å². The molecule has 0 fully saturated rings. The highest BCUT2D eigenvalue weighted by molar-refractivity contribution is 7.12. The van der Waals surface area contributed by atoms with Gasteiger partial charge in [-0.15, -0.1) is 21.5 Å². The van der Waals surface area contributed by atoms with Crippen LogP contribution in [0.4, 0.5) is 5.69 Å². The summed E-state index contributed by atoms with van der Waals surface area (Å²) in [6.07, 6.45) is 1.59. The fourth-order valence-electron chi connectivity index (χ4n) is 2.14. The van der Waals surface area contributed by atoms with Crippen molar-refractivity contribution in [3.8, 4) is 11.4 Å². The second-order valence-corrected chi connectivity index (χ2v) is 5.43. The standard InChI is InChI=1S/C13H9N7OS/c21-13(11-2-1-3-22-11)16-8-5-10-9(14-6-15-10)4-7(8)12-17-19-20-18-12/h1-6H,(H,14,15)(H,16,21)(H,17,18,19,20). The number of tetrazole rings is 1. The first-order valence-electron chi connectivity index (χ1n) is 6.37. The molecule has 0 saturated heterocycles. The second-order valence-electron chi connectivity index (χ2n) is 4.48. The van der Waals surface area contributed by atoms with Crippen LogP contribution in [-0.4, -0.2) is 36.5 Å². The van der Waals surface area contributed by atoms with E-state index in [0.717, 1.165) is 11.0 Å². The molecule has 3 aromatic heterocycles. The highest BCUT2D eigenvalue weighted by atomic mass is 32.1. The lowest BCUT2D eigenvalue weighted by Gasteiger charge is -2.08. The van der Waals surface area contributed by atoms with Crippen LogP contribution in [0.25, 0.3) is 22.4 Å². The summed E-state index contributed by atoms with van der Waals surface area (Å²) in [5.74, 6) is 0.215.